The summed E-state index contributed by atoms with van der Waals surface area (Å²) in [7, 11) is -3.66. The third-order valence-corrected chi connectivity index (χ3v) is 3.33. The molecule has 19 heavy (non-hydrogen) atoms. The van der Waals surface area contributed by atoms with Gasteiger partial charge in [0.1, 0.15) is 0 Å². The summed E-state index contributed by atoms with van der Waals surface area (Å²) in [5.41, 5.74) is 5.98. The highest BCUT2D eigenvalue weighted by Gasteiger charge is 2.14. The molecule has 0 aliphatic rings. The highest BCUT2D eigenvalue weighted by molar-refractivity contribution is 7.92. The summed E-state index contributed by atoms with van der Waals surface area (Å²) in [6, 6.07) is 7.46. The van der Waals surface area contributed by atoms with E-state index in [4.69, 9.17) is 5.73 Å². The smallest absolute Gasteiger partial charge is 0.264 e. The van der Waals surface area contributed by atoms with Gasteiger partial charge in [-0.15, -0.1) is 24.8 Å². The Balaban J connectivity index is 0.00000162. The Morgan fingerprint density at radius 1 is 1.00 bits per heavy atom. The number of nitrogens with zero attached hydrogens (tertiary/aromatic N) is 2. The lowest BCUT2D eigenvalue weighted by atomic mass is 10.3. The van der Waals surface area contributed by atoms with E-state index in [-0.39, 0.29) is 35.7 Å². The average molecular weight is 323 g/mol. The maximum Gasteiger partial charge on any atom is 0.264 e. The second kappa shape index (κ2) is 7.13. The number of hydrogen-bond acceptors (Lipinski definition) is 5. The van der Waals surface area contributed by atoms with Crippen LogP contribution in [-0.4, -0.2) is 18.4 Å². The van der Waals surface area contributed by atoms with Gasteiger partial charge in [0.2, 0.25) is 5.95 Å². The lowest BCUT2D eigenvalue weighted by Crippen LogP contribution is -2.14. The molecule has 0 aliphatic heterocycles. The molecule has 2 aromatic rings. The van der Waals surface area contributed by atoms with Crippen molar-refractivity contribution in [1.29, 1.82) is 0 Å². The number of hydrogen-bond donors (Lipinski definition) is 2. The number of nitrogens with one attached hydrogen (secondary N) is 1. The number of halogens is 2. The molecule has 0 bridgehead atoms. The number of nitrogens with two attached hydrogens (primary N) is 1. The van der Waals surface area contributed by atoms with Crippen molar-refractivity contribution in [2.45, 2.75) is 4.90 Å². The first-order valence-electron chi connectivity index (χ1n) is 4.73. The first-order chi connectivity index (χ1) is 8.08. The summed E-state index contributed by atoms with van der Waals surface area (Å²) in [6.45, 7) is 0. The molecule has 1 aromatic heterocycles. The largest absolute Gasteiger partial charge is 0.399 e. The van der Waals surface area contributed by atoms with Gasteiger partial charge in [0.05, 0.1) is 4.90 Å². The van der Waals surface area contributed by atoms with Crippen molar-refractivity contribution in [3.05, 3.63) is 42.7 Å². The maximum atomic E-state index is 11.9. The van der Waals surface area contributed by atoms with Gasteiger partial charge in [0, 0.05) is 18.1 Å². The van der Waals surface area contributed by atoms with E-state index in [9.17, 15) is 8.42 Å². The summed E-state index contributed by atoms with van der Waals surface area (Å²) in [6.07, 6.45) is 2.90. The van der Waals surface area contributed by atoms with Gasteiger partial charge >= 0.3 is 0 Å². The molecule has 104 valence electrons. The van der Waals surface area contributed by atoms with Crippen LogP contribution in [0.3, 0.4) is 0 Å². The molecule has 0 spiro atoms. The summed E-state index contributed by atoms with van der Waals surface area (Å²) >= 11 is 0. The summed E-state index contributed by atoms with van der Waals surface area (Å²) in [5.74, 6) is 0.0318. The summed E-state index contributed by atoms with van der Waals surface area (Å²) in [4.78, 5) is 7.67. The van der Waals surface area contributed by atoms with Crippen LogP contribution in [0.4, 0.5) is 11.6 Å². The Kier molecular flexibility index (Phi) is 6.54. The Morgan fingerprint density at radius 3 is 2.05 bits per heavy atom. The van der Waals surface area contributed by atoms with E-state index in [1.54, 1.807) is 6.07 Å². The number of sulfonamides is 1. The van der Waals surface area contributed by atoms with Crippen molar-refractivity contribution in [1.82, 2.24) is 9.97 Å². The minimum atomic E-state index is -3.66. The quantitative estimate of drug-likeness (QED) is 0.838. The van der Waals surface area contributed by atoms with E-state index in [1.165, 1.54) is 36.7 Å². The van der Waals surface area contributed by atoms with Gasteiger partial charge in [0.15, 0.2) is 0 Å². The molecular weight excluding hydrogens is 311 g/mol. The van der Waals surface area contributed by atoms with Crippen LogP contribution in [0.5, 0.6) is 0 Å². The van der Waals surface area contributed by atoms with E-state index < -0.39 is 10.0 Å². The van der Waals surface area contributed by atoms with E-state index in [0.29, 0.717) is 5.69 Å². The van der Waals surface area contributed by atoms with E-state index >= 15 is 0 Å². The zero-order valence-electron chi connectivity index (χ0n) is 9.55. The minimum Gasteiger partial charge on any atom is -0.399 e. The van der Waals surface area contributed by atoms with Crippen molar-refractivity contribution in [3.8, 4) is 0 Å². The maximum absolute atomic E-state index is 11.9. The fraction of sp³-hybridized carbons (Fsp3) is 0. The van der Waals surface area contributed by atoms with Gasteiger partial charge in [-0.25, -0.2) is 23.1 Å². The van der Waals surface area contributed by atoms with Crippen LogP contribution in [0, 0.1) is 0 Å². The second-order valence-corrected chi connectivity index (χ2v) is 4.93. The molecule has 1 aromatic carbocycles. The SMILES string of the molecule is Cl.Cl.Nc1ccc(S(=O)(=O)Nc2ncccn2)cc1. The van der Waals surface area contributed by atoms with Gasteiger partial charge in [0.25, 0.3) is 10.0 Å². The zero-order chi connectivity index (χ0) is 12.3. The molecule has 0 aliphatic carbocycles. The van der Waals surface area contributed by atoms with E-state index in [1.807, 2.05) is 0 Å². The molecule has 2 rings (SSSR count). The monoisotopic (exact) mass is 322 g/mol. The van der Waals surface area contributed by atoms with E-state index in [0.717, 1.165) is 0 Å². The molecule has 0 fully saturated rings. The lowest BCUT2D eigenvalue weighted by Gasteiger charge is -2.05. The van der Waals surface area contributed by atoms with Gasteiger partial charge in [-0.3, -0.25) is 0 Å². The van der Waals surface area contributed by atoms with Crippen molar-refractivity contribution in [2.24, 2.45) is 0 Å². The molecule has 0 unspecified atom stereocenters. The first kappa shape index (κ1) is 17.4. The Bertz CT molecular complexity index is 605. The predicted octanol–water partition coefficient (Wildman–Crippen LogP) is 1.70. The molecule has 0 atom stereocenters. The fourth-order valence-electron chi connectivity index (χ4n) is 1.18. The van der Waals surface area contributed by atoms with Crippen LogP contribution < -0.4 is 10.5 Å². The molecular formula is C10H12Cl2N4O2S. The van der Waals surface area contributed by atoms with Crippen molar-refractivity contribution < 1.29 is 8.42 Å². The highest BCUT2D eigenvalue weighted by Crippen LogP contribution is 2.14. The molecule has 9 heteroatoms. The van der Waals surface area contributed by atoms with Gasteiger partial charge in [-0.1, -0.05) is 0 Å². The Hall–Kier alpha value is -1.57. The molecule has 0 saturated heterocycles. The normalized spacial score (nSPS) is 9.89. The third kappa shape index (κ3) is 4.55. The van der Waals surface area contributed by atoms with Crippen LogP contribution in [0.2, 0.25) is 0 Å². The topological polar surface area (TPSA) is 98.0 Å². The van der Waals surface area contributed by atoms with Gasteiger partial charge in [-0.05, 0) is 30.3 Å². The van der Waals surface area contributed by atoms with Crippen molar-refractivity contribution >= 4 is 46.5 Å². The van der Waals surface area contributed by atoms with Crippen LogP contribution in [0.15, 0.2) is 47.6 Å². The van der Waals surface area contributed by atoms with E-state index in [2.05, 4.69) is 14.7 Å². The van der Waals surface area contributed by atoms with Crippen LogP contribution >= 0.6 is 24.8 Å². The van der Waals surface area contributed by atoms with Gasteiger partial charge < -0.3 is 5.73 Å². The Labute approximate surface area is 123 Å². The number of anilines is 2. The number of rotatable bonds is 3. The van der Waals surface area contributed by atoms with Crippen LogP contribution in [-0.2, 0) is 10.0 Å². The van der Waals surface area contributed by atoms with Crippen molar-refractivity contribution in [3.63, 3.8) is 0 Å². The lowest BCUT2D eigenvalue weighted by molar-refractivity contribution is 0.601. The molecule has 0 saturated carbocycles. The predicted molar refractivity (Wildman–Crippen MR) is 78.2 cm³/mol. The molecule has 0 amide bonds. The van der Waals surface area contributed by atoms with Crippen molar-refractivity contribution in [2.75, 3.05) is 10.5 Å². The van der Waals surface area contributed by atoms with Crippen LogP contribution in [0.25, 0.3) is 0 Å². The zero-order valence-corrected chi connectivity index (χ0v) is 12.0. The summed E-state index contributed by atoms with van der Waals surface area (Å²) in [5, 5.41) is 0. The minimum absolute atomic E-state index is 0. The fourth-order valence-corrected chi connectivity index (χ4v) is 2.14. The Morgan fingerprint density at radius 2 is 1.53 bits per heavy atom. The first-order valence-corrected chi connectivity index (χ1v) is 6.22. The second-order valence-electron chi connectivity index (χ2n) is 3.25. The molecule has 3 N–H and O–H groups in total. The molecule has 0 radical (unpaired) electrons. The number of aromatic nitrogens is 2. The molecule has 1 heterocycles. The summed E-state index contributed by atoms with van der Waals surface area (Å²) < 4.78 is 26.0. The number of nitrogen functional groups attached to an aromatic ring is 1. The molecule has 6 nitrogen and oxygen atoms in total. The van der Waals surface area contributed by atoms with Gasteiger partial charge in [-0.2, -0.15) is 0 Å². The van der Waals surface area contributed by atoms with Crippen LogP contribution in [0.1, 0.15) is 0 Å². The average Bonchev–Trinajstić information content (AvgIpc) is 2.30. The highest BCUT2D eigenvalue weighted by atomic mass is 35.5. The third-order valence-electron chi connectivity index (χ3n) is 1.98. The number of benzene rings is 1. The standard InChI is InChI=1S/C10H10N4O2S.2ClH/c11-8-2-4-9(5-3-8)17(15,16)14-10-12-6-1-7-13-10;;/h1-7H,11H2,(H,12,13,14);2*1H.